The number of halogens is 4. The third kappa shape index (κ3) is 6.24. The number of nitrogens with zero attached hydrogens (tertiary/aromatic N) is 1. The number of fused-ring (bicyclic) bond motifs is 1. The molecule has 3 rings (SSSR count). The van der Waals surface area contributed by atoms with Crippen LogP contribution in [0.1, 0.15) is 31.5 Å². The molecule has 0 saturated carbocycles. The average molecular weight is 553 g/mol. The summed E-state index contributed by atoms with van der Waals surface area (Å²) in [7, 11) is -8.59. The van der Waals surface area contributed by atoms with Crippen molar-refractivity contribution in [1.82, 2.24) is 9.97 Å². The van der Waals surface area contributed by atoms with Gasteiger partial charge in [-0.1, -0.05) is 19.9 Å². The molecule has 0 saturated heterocycles. The van der Waals surface area contributed by atoms with Crippen LogP contribution in [-0.4, -0.2) is 51.3 Å². The predicted molar refractivity (Wildman–Crippen MR) is 124 cm³/mol. The molecule has 5 N–H and O–H groups in total. The number of aliphatic hydroxyl groups is 1. The summed E-state index contributed by atoms with van der Waals surface area (Å²) in [6, 6.07) is 5.23. The minimum Gasteiger partial charge on any atom is -0.380 e. The fourth-order valence-corrected chi connectivity index (χ4v) is 5.21. The smallest absolute Gasteiger partial charge is 0.380 e. The Balaban J connectivity index is 2.02. The Kier molecular flexibility index (Phi) is 7.10. The maximum atomic E-state index is 14.2. The van der Waals surface area contributed by atoms with Crippen LogP contribution in [0.3, 0.4) is 0 Å². The molecule has 198 valence electrons. The Morgan fingerprint density at radius 1 is 1.14 bits per heavy atom. The lowest BCUT2D eigenvalue weighted by molar-refractivity contribution is -0.266. The van der Waals surface area contributed by atoms with Crippen molar-refractivity contribution in [2.24, 2.45) is 0 Å². The quantitative estimate of drug-likeness (QED) is 0.209. The van der Waals surface area contributed by atoms with Crippen molar-refractivity contribution in [3.63, 3.8) is 0 Å². The zero-order chi connectivity index (χ0) is 27.3. The van der Waals surface area contributed by atoms with E-state index in [2.05, 4.69) is 9.97 Å². The molecular formula is C21H24F4N3O6PS. The molecular weight excluding hydrogens is 529 g/mol. The van der Waals surface area contributed by atoms with Crippen LogP contribution in [0.5, 0.6) is 0 Å². The van der Waals surface area contributed by atoms with E-state index in [1.165, 1.54) is 26.0 Å². The number of benzene rings is 1. The molecule has 0 amide bonds. The number of hydrogen-bond donors (Lipinski definition) is 5. The average Bonchev–Trinajstić information content (AvgIpc) is 3.05. The topological polar surface area (TPSA) is 153 Å². The van der Waals surface area contributed by atoms with Crippen molar-refractivity contribution in [2.75, 3.05) is 11.3 Å². The Morgan fingerprint density at radius 3 is 2.33 bits per heavy atom. The molecule has 2 aromatic heterocycles. The number of sulfone groups is 1. The highest BCUT2D eigenvalue weighted by Gasteiger charge is 2.56. The maximum Gasteiger partial charge on any atom is 0.427 e. The van der Waals surface area contributed by atoms with E-state index >= 15 is 0 Å². The van der Waals surface area contributed by atoms with Gasteiger partial charge in [-0.15, -0.1) is 0 Å². The molecule has 0 unspecified atom stereocenters. The third-order valence-corrected chi connectivity index (χ3v) is 7.15. The first-order valence-electron chi connectivity index (χ1n) is 10.3. The van der Waals surface area contributed by atoms with E-state index in [1.807, 2.05) is 5.09 Å². The Hall–Kier alpha value is -2.51. The van der Waals surface area contributed by atoms with E-state index in [4.69, 9.17) is 0 Å². The van der Waals surface area contributed by atoms with Gasteiger partial charge in [0.05, 0.1) is 17.4 Å². The lowest BCUT2D eigenvalue weighted by atomic mass is 9.73. The minimum absolute atomic E-state index is 0.0549. The number of pyridine rings is 1. The highest BCUT2D eigenvalue weighted by Crippen LogP contribution is 2.46. The molecule has 0 aliphatic rings. The van der Waals surface area contributed by atoms with Crippen LogP contribution in [0.4, 0.5) is 23.2 Å². The molecule has 15 heteroatoms. The van der Waals surface area contributed by atoms with Gasteiger partial charge in [-0.05, 0) is 41.7 Å². The summed E-state index contributed by atoms with van der Waals surface area (Å²) in [5.41, 5.74) is -5.17. The first-order valence-corrected chi connectivity index (χ1v) is 13.8. The number of H-pyrrole nitrogens is 1. The van der Waals surface area contributed by atoms with Gasteiger partial charge < -0.3 is 19.9 Å². The van der Waals surface area contributed by atoms with Crippen molar-refractivity contribution >= 4 is 34.2 Å². The van der Waals surface area contributed by atoms with Crippen LogP contribution in [0.25, 0.3) is 10.9 Å². The van der Waals surface area contributed by atoms with E-state index in [-0.39, 0.29) is 27.2 Å². The van der Waals surface area contributed by atoms with Gasteiger partial charge in [0.25, 0.3) is 0 Å². The van der Waals surface area contributed by atoms with Gasteiger partial charge in [-0.3, -0.25) is 5.09 Å². The van der Waals surface area contributed by atoms with E-state index in [0.29, 0.717) is 0 Å². The molecule has 0 spiro atoms. The normalized spacial score (nSPS) is 15.2. The molecule has 1 atom stereocenters. The lowest BCUT2D eigenvalue weighted by Gasteiger charge is -2.38. The van der Waals surface area contributed by atoms with Crippen LogP contribution in [0.15, 0.2) is 41.6 Å². The summed E-state index contributed by atoms with van der Waals surface area (Å²) in [6.07, 6.45) is -4.97. The first kappa shape index (κ1) is 28.1. The van der Waals surface area contributed by atoms with Crippen molar-refractivity contribution in [3.05, 3.63) is 53.6 Å². The second-order valence-corrected chi connectivity index (χ2v) is 12.6. The highest BCUT2D eigenvalue weighted by molar-refractivity contribution is 7.90. The summed E-state index contributed by atoms with van der Waals surface area (Å²) in [5.74, 6) is -0.878. The molecule has 0 fully saturated rings. The summed E-state index contributed by atoms with van der Waals surface area (Å²) >= 11 is 0. The molecule has 0 radical (unpaired) electrons. The standard InChI is InChI=1S/C21H24F4N3O6PS/c1-19(2,15-5-4-13(22)8-16(15)28-35(30,31)32)11-20(29,21(23,24)25)9-14-6-12-7-18(36(3,33)34)26-10-17(12)27-14/h4-8,10,27,29H,9,11H2,1-3H3,(H3,28,30,31,32)/t20-/m0/s1. The zero-order valence-corrected chi connectivity index (χ0v) is 21.0. The third-order valence-electron chi connectivity index (χ3n) is 5.64. The summed E-state index contributed by atoms with van der Waals surface area (Å²) in [6.45, 7) is 2.63. The van der Waals surface area contributed by atoms with Crippen molar-refractivity contribution < 1.29 is 45.4 Å². The van der Waals surface area contributed by atoms with Crippen molar-refractivity contribution in [2.45, 2.75) is 48.9 Å². The van der Waals surface area contributed by atoms with Crippen LogP contribution in [0, 0.1) is 5.82 Å². The molecule has 0 bridgehead atoms. The number of aromatic amines is 1. The van der Waals surface area contributed by atoms with E-state index in [1.54, 1.807) is 0 Å². The van der Waals surface area contributed by atoms with Gasteiger partial charge in [0.15, 0.2) is 20.5 Å². The minimum atomic E-state index is -5.14. The molecule has 36 heavy (non-hydrogen) atoms. The number of aromatic nitrogens is 2. The van der Waals surface area contributed by atoms with E-state index in [9.17, 15) is 45.4 Å². The monoisotopic (exact) mass is 553 g/mol. The number of rotatable bonds is 8. The largest absolute Gasteiger partial charge is 0.427 e. The molecule has 9 nitrogen and oxygen atoms in total. The molecule has 1 aromatic carbocycles. The second kappa shape index (κ2) is 9.10. The van der Waals surface area contributed by atoms with Crippen molar-refractivity contribution in [1.29, 1.82) is 0 Å². The molecule has 0 aliphatic heterocycles. The lowest BCUT2D eigenvalue weighted by Crippen LogP contribution is -2.51. The van der Waals surface area contributed by atoms with Crippen LogP contribution < -0.4 is 5.09 Å². The fraction of sp³-hybridized carbons (Fsp3) is 0.381. The summed E-state index contributed by atoms with van der Waals surface area (Å²) in [5, 5.41) is 12.7. The number of nitrogens with one attached hydrogen (secondary N) is 2. The van der Waals surface area contributed by atoms with Gasteiger partial charge in [0.1, 0.15) is 5.82 Å². The van der Waals surface area contributed by atoms with Crippen molar-refractivity contribution in [3.8, 4) is 0 Å². The second-order valence-electron chi connectivity index (χ2n) is 9.29. The Morgan fingerprint density at radius 2 is 1.78 bits per heavy atom. The van der Waals surface area contributed by atoms with Gasteiger partial charge in [0.2, 0.25) is 0 Å². The molecule has 2 heterocycles. The predicted octanol–water partition coefficient (Wildman–Crippen LogP) is 3.81. The van der Waals surface area contributed by atoms with Crippen LogP contribution in [-0.2, 0) is 26.2 Å². The summed E-state index contributed by atoms with van der Waals surface area (Å²) in [4.78, 5) is 25.0. The Bertz CT molecular complexity index is 1450. The summed E-state index contributed by atoms with van der Waals surface area (Å²) < 4.78 is 91.2. The van der Waals surface area contributed by atoms with E-state index in [0.717, 1.165) is 30.7 Å². The fourth-order valence-electron chi connectivity index (χ4n) is 4.13. The SMILES string of the molecule is CC(C)(C[C@@](O)(Cc1cc2cc(S(C)(=O)=O)ncc2[nH]1)C(F)(F)F)c1ccc(F)cc1NP(=O)(O)O. The maximum absolute atomic E-state index is 14.2. The highest BCUT2D eigenvalue weighted by atomic mass is 32.2. The van der Waals surface area contributed by atoms with Crippen LogP contribution in [0.2, 0.25) is 0 Å². The van der Waals surface area contributed by atoms with Gasteiger partial charge in [0, 0.05) is 23.8 Å². The molecule has 0 aliphatic carbocycles. The number of anilines is 1. The zero-order valence-electron chi connectivity index (χ0n) is 19.3. The first-order chi connectivity index (χ1) is 16.2. The molecule has 3 aromatic rings. The number of alkyl halides is 3. The van der Waals surface area contributed by atoms with E-state index < -0.39 is 59.1 Å². The van der Waals surface area contributed by atoms with Gasteiger partial charge in [-0.2, -0.15) is 13.2 Å². The van der Waals surface area contributed by atoms with Gasteiger partial charge >= 0.3 is 13.9 Å². The van der Waals surface area contributed by atoms with Gasteiger partial charge in [-0.25, -0.2) is 22.4 Å². The Labute approximate surface area is 203 Å². The number of hydrogen-bond acceptors (Lipinski definition) is 5. The van der Waals surface area contributed by atoms with Crippen LogP contribution >= 0.6 is 7.75 Å².